The van der Waals surface area contributed by atoms with Crippen LogP contribution in [0.1, 0.15) is 0 Å². The predicted molar refractivity (Wildman–Crippen MR) is 120 cm³/mol. The van der Waals surface area contributed by atoms with Gasteiger partial charge in [-0.1, -0.05) is 54.6 Å². The molecule has 0 radical (unpaired) electrons. The molecule has 0 aliphatic carbocycles. The summed E-state index contributed by atoms with van der Waals surface area (Å²) in [7, 11) is -3.87. The molecular weight excluding hydrogens is 435 g/mol. The van der Waals surface area contributed by atoms with E-state index in [4.69, 9.17) is 0 Å². The molecule has 1 N–H and O–H groups in total. The van der Waals surface area contributed by atoms with E-state index in [1.165, 1.54) is 11.3 Å². The molecule has 0 saturated carbocycles. The molecule has 0 unspecified atom stereocenters. The second-order valence-corrected chi connectivity index (χ2v) is 9.59. The number of carbonyl (C=O) groups excluding carboxylic acids is 1. The second-order valence-electron chi connectivity index (χ2n) is 6.74. The summed E-state index contributed by atoms with van der Waals surface area (Å²) in [5.74, 6) is -2.00. The zero-order chi connectivity index (χ0) is 21.8. The van der Waals surface area contributed by atoms with Crippen LogP contribution < -0.4 is 5.32 Å². The molecule has 5 nitrogen and oxygen atoms in total. The molecule has 156 valence electrons. The van der Waals surface area contributed by atoms with E-state index in [0.717, 1.165) is 41.0 Å². The first-order valence-corrected chi connectivity index (χ1v) is 11.8. The lowest BCUT2D eigenvalue weighted by molar-refractivity contribution is -0.113. The number of hydrogen-bond acceptors (Lipinski definition) is 5. The Balaban J connectivity index is 1.43. The zero-order valence-corrected chi connectivity index (χ0v) is 17.8. The molecule has 8 heteroatoms. The fraction of sp³-hybridized carbons (Fsp3) is 0.0435. The molecule has 4 rings (SSSR count). The minimum Gasteiger partial charge on any atom is -0.301 e. The van der Waals surface area contributed by atoms with Gasteiger partial charge in [-0.3, -0.25) is 4.79 Å². The van der Waals surface area contributed by atoms with E-state index in [1.807, 2.05) is 54.6 Å². The van der Waals surface area contributed by atoms with Gasteiger partial charge in [0.1, 0.15) is 11.6 Å². The van der Waals surface area contributed by atoms with Crippen molar-refractivity contribution in [3.63, 3.8) is 0 Å². The third-order valence-electron chi connectivity index (χ3n) is 4.53. The van der Waals surface area contributed by atoms with Crippen LogP contribution in [0.2, 0.25) is 0 Å². The summed E-state index contributed by atoms with van der Waals surface area (Å²) in [6.45, 7) is 0. The number of sulfone groups is 1. The Morgan fingerprint density at radius 2 is 1.48 bits per heavy atom. The van der Waals surface area contributed by atoms with E-state index in [1.54, 1.807) is 5.38 Å². The number of hydrogen-bond donors (Lipinski definition) is 1. The number of anilines is 1. The average Bonchev–Trinajstić information content (AvgIpc) is 3.22. The molecule has 4 aromatic rings. The van der Waals surface area contributed by atoms with Gasteiger partial charge >= 0.3 is 0 Å². The highest BCUT2D eigenvalue weighted by Gasteiger charge is 2.20. The van der Waals surface area contributed by atoms with Crippen molar-refractivity contribution in [3.8, 4) is 22.4 Å². The van der Waals surface area contributed by atoms with Gasteiger partial charge in [-0.05, 0) is 35.4 Å². The molecule has 31 heavy (non-hydrogen) atoms. The molecular formula is C23H17FN2O3S2. The highest BCUT2D eigenvalue weighted by molar-refractivity contribution is 7.92. The third-order valence-corrected chi connectivity index (χ3v) is 6.92. The average molecular weight is 453 g/mol. The Kier molecular flexibility index (Phi) is 5.92. The van der Waals surface area contributed by atoms with Crippen LogP contribution in [0, 0.1) is 5.82 Å². The normalized spacial score (nSPS) is 11.3. The number of nitrogens with zero attached hydrogens (tertiary/aromatic N) is 1. The van der Waals surface area contributed by atoms with Crippen LogP contribution in [0.5, 0.6) is 0 Å². The van der Waals surface area contributed by atoms with E-state index in [9.17, 15) is 17.6 Å². The lowest BCUT2D eigenvalue weighted by atomic mass is 10.0. The monoisotopic (exact) mass is 452 g/mol. The van der Waals surface area contributed by atoms with E-state index < -0.39 is 27.3 Å². The topological polar surface area (TPSA) is 76.1 Å². The van der Waals surface area contributed by atoms with E-state index in [-0.39, 0.29) is 4.90 Å². The Morgan fingerprint density at radius 3 is 2.16 bits per heavy atom. The van der Waals surface area contributed by atoms with Crippen molar-refractivity contribution < 1.29 is 17.6 Å². The standard InChI is InChI=1S/C23H17FN2O3S2/c24-19-10-12-20(13-11-19)31(28,29)15-22(27)26-23-25-21(14-30-23)18-8-6-17(7-9-18)16-4-2-1-3-5-16/h1-14H,15H2,(H,25,26,27). The first-order valence-electron chi connectivity index (χ1n) is 9.30. The maximum absolute atomic E-state index is 13.0. The second kappa shape index (κ2) is 8.79. The summed E-state index contributed by atoms with van der Waals surface area (Å²) in [6.07, 6.45) is 0. The summed E-state index contributed by atoms with van der Waals surface area (Å²) < 4.78 is 37.6. The highest BCUT2D eigenvalue weighted by Crippen LogP contribution is 2.27. The maximum Gasteiger partial charge on any atom is 0.241 e. The number of aromatic nitrogens is 1. The lowest BCUT2D eigenvalue weighted by Crippen LogP contribution is -2.23. The van der Waals surface area contributed by atoms with Crippen molar-refractivity contribution >= 4 is 32.2 Å². The summed E-state index contributed by atoms with van der Waals surface area (Å²) >= 11 is 1.21. The van der Waals surface area contributed by atoms with E-state index in [2.05, 4.69) is 10.3 Å². The molecule has 3 aromatic carbocycles. The fourth-order valence-electron chi connectivity index (χ4n) is 2.98. The first-order chi connectivity index (χ1) is 14.9. The summed E-state index contributed by atoms with van der Waals surface area (Å²) in [5, 5.41) is 4.62. The summed E-state index contributed by atoms with van der Waals surface area (Å²) in [4.78, 5) is 16.5. The molecule has 0 spiro atoms. The van der Waals surface area contributed by atoms with E-state index >= 15 is 0 Å². The number of carbonyl (C=O) groups is 1. The van der Waals surface area contributed by atoms with Crippen molar-refractivity contribution in [2.24, 2.45) is 0 Å². The van der Waals surface area contributed by atoms with Gasteiger partial charge in [0.05, 0.1) is 10.6 Å². The van der Waals surface area contributed by atoms with Gasteiger partial charge < -0.3 is 5.32 Å². The minimum atomic E-state index is -3.87. The van der Waals surface area contributed by atoms with Crippen LogP contribution in [0.15, 0.2) is 89.1 Å². The van der Waals surface area contributed by atoms with Gasteiger partial charge in [-0.25, -0.2) is 17.8 Å². The van der Waals surface area contributed by atoms with Crippen molar-refractivity contribution in [1.82, 2.24) is 4.98 Å². The quantitative estimate of drug-likeness (QED) is 0.417. The van der Waals surface area contributed by atoms with Crippen molar-refractivity contribution in [1.29, 1.82) is 0 Å². The minimum absolute atomic E-state index is 0.109. The number of rotatable bonds is 6. The largest absolute Gasteiger partial charge is 0.301 e. The molecule has 1 amide bonds. The Bertz CT molecular complexity index is 1300. The molecule has 0 aliphatic heterocycles. The molecule has 1 heterocycles. The number of thiazole rings is 1. The van der Waals surface area contributed by atoms with Gasteiger partial charge in [0.15, 0.2) is 15.0 Å². The smallest absolute Gasteiger partial charge is 0.241 e. The lowest BCUT2D eigenvalue weighted by Gasteiger charge is -2.05. The third kappa shape index (κ3) is 5.04. The van der Waals surface area contributed by atoms with Gasteiger partial charge in [-0.15, -0.1) is 11.3 Å². The Labute approximate surface area is 183 Å². The van der Waals surface area contributed by atoms with Gasteiger partial charge in [0.2, 0.25) is 5.91 Å². The van der Waals surface area contributed by atoms with Crippen molar-refractivity contribution in [2.45, 2.75) is 4.90 Å². The molecule has 1 aromatic heterocycles. The number of amides is 1. The molecule has 0 fully saturated rings. The predicted octanol–water partition coefficient (Wildman–Crippen LogP) is 5.03. The van der Waals surface area contributed by atoms with E-state index in [0.29, 0.717) is 10.8 Å². The number of benzene rings is 3. The molecule has 0 bridgehead atoms. The van der Waals surface area contributed by atoms with Crippen LogP contribution in [-0.4, -0.2) is 25.1 Å². The van der Waals surface area contributed by atoms with Crippen LogP contribution in [0.3, 0.4) is 0 Å². The summed E-state index contributed by atoms with van der Waals surface area (Å²) in [6, 6.07) is 22.2. The van der Waals surface area contributed by atoms with Crippen LogP contribution in [-0.2, 0) is 14.6 Å². The van der Waals surface area contributed by atoms with Gasteiger partial charge in [0, 0.05) is 10.9 Å². The highest BCUT2D eigenvalue weighted by atomic mass is 32.2. The zero-order valence-electron chi connectivity index (χ0n) is 16.2. The maximum atomic E-state index is 13.0. The number of nitrogens with one attached hydrogen (secondary N) is 1. The van der Waals surface area contributed by atoms with Crippen molar-refractivity contribution in [2.75, 3.05) is 11.1 Å². The SMILES string of the molecule is O=C(CS(=O)(=O)c1ccc(F)cc1)Nc1nc(-c2ccc(-c3ccccc3)cc2)cs1. The fourth-order valence-corrected chi connectivity index (χ4v) is 4.85. The van der Waals surface area contributed by atoms with Gasteiger partial charge in [0.25, 0.3) is 0 Å². The number of halogens is 1. The first kappa shape index (κ1) is 20.9. The molecule has 0 atom stereocenters. The van der Waals surface area contributed by atoms with Gasteiger partial charge in [-0.2, -0.15) is 0 Å². The van der Waals surface area contributed by atoms with Crippen LogP contribution in [0.25, 0.3) is 22.4 Å². The van der Waals surface area contributed by atoms with Crippen LogP contribution in [0.4, 0.5) is 9.52 Å². The molecule has 0 aliphatic rings. The Morgan fingerprint density at radius 1 is 0.871 bits per heavy atom. The van der Waals surface area contributed by atoms with Crippen molar-refractivity contribution in [3.05, 3.63) is 90.1 Å². The Hall–Kier alpha value is -3.36. The van der Waals surface area contributed by atoms with Crippen LogP contribution >= 0.6 is 11.3 Å². The molecule has 0 saturated heterocycles. The summed E-state index contributed by atoms with van der Waals surface area (Å²) in [5.41, 5.74) is 3.76.